The van der Waals surface area contributed by atoms with E-state index >= 15 is 0 Å². The van der Waals surface area contributed by atoms with Gasteiger partial charge in [0, 0.05) is 11.6 Å². The van der Waals surface area contributed by atoms with Crippen molar-refractivity contribution in [2.45, 2.75) is 0 Å². The van der Waals surface area contributed by atoms with Gasteiger partial charge in [0.2, 0.25) is 5.88 Å². The van der Waals surface area contributed by atoms with Crippen LogP contribution in [0.1, 0.15) is 0 Å². The maximum absolute atomic E-state index is 5.87. The maximum Gasteiger partial charge on any atom is 0.233 e. The molecule has 1 aromatic heterocycles. The van der Waals surface area contributed by atoms with Crippen LogP contribution in [0.5, 0.6) is 11.6 Å². The lowest BCUT2D eigenvalue weighted by Gasteiger charge is -2.09. The molecule has 0 spiro atoms. The highest BCUT2D eigenvalue weighted by atomic mass is 79.9. The Bertz CT molecular complexity index is 740. The number of benzene rings is 2. The highest BCUT2D eigenvalue weighted by Gasteiger charge is 2.07. The Morgan fingerprint density at radius 2 is 1.84 bits per heavy atom. The lowest BCUT2D eigenvalue weighted by molar-refractivity contribution is 0.465. The Morgan fingerprint density at radius 1 is 1.05 bits per heavy atom. The lowest BCUT2D eigenvalue weighted by atomic mass is 10.1. The molecule has 19 heavy (non-hydrogen) atoms. The van der Waals surface area contributed by atoms with Gasteiger partial charge in [0.25, 0.3) is 0 Å². The standard InChI is InChI=1S/C15H9BrClNO/c16-13-8-11(17)9-18-15(13)19-14-7-3-5-10-4-1-2-6-12(10)14/h1-9H. The van der Waals surface area contributed by atoms with Crippen LogP contribution in [0.15, 0.2) is 59.2 Å². The van der Waals surface area contributed by atoms with Crippen LogP contribution >= 0.6 is 27.5 Å². The predicted octanol–water partition coefficient (Wildman–Crippen LogP) is 5.44. The van der Waals surface area contributed by atoms with E-state index in [1.54, 1.807) is 12.3 Å². The van der Waals surface area contributed by atoms with Crippen molar-refractivity contribution in [2.75, 3.05) is 0 Å². The number of halogens is 2. The Hall–Kier alpha value is -1.58. The topological polar surface area (TPSA) is 22.1 Å². The molecule has 2 aromatic carbocycles. The van der Waals surface area contributed by atoms with E-state index in [1.165, 1.54) is 0 Å². The molecule has 3 aromatic rings. The Balaban J connectivity index is 2.06. The minimum absolute atomic E-state index is 0.501. The summed E-state index contributed by atoms with van der Waals surface area (Å²) in [5.74, 6) is 1.27. The van der Waals surface area contributed by atoms with E-state index in [2.05, 4.69) is 20.9 Å². The minimum atomic E-state index is 0.501. The summed E-state index contributed by atoms with van der Waals surface area (Å²) >= 11 is 9.26. The third-order valence-electron chi connectivity index (χ3n) is 2.73. The molecule has 4 heteroatoms. The van der Waals surface area contributed by atoms with Crippen molar-refractivity contribution < 1.29 is 4.74 Å². The molecule has 0 amide bonds. The molecule has 0 saturated carbocycles. The molecule has 2 nitrogen and oxygen atoms in total. The van der Waals surface area contributed by atoms with Crippen molar-refractivity contribution in [1.82, 2.24) is 4.98 Å². The average Bonchev–Trinajstić information content (AvgIpc) is 2.42. The second-order valence-corrected chi connectivity index (χ2v) is 5.31. The molecule has 0 aliphatic heterocycles. The van der Waals surface area contributed by atoms with Crippen LogP contribution in [-0.2, 0) is 0 Å². The smallest absolute Gasteiger partial charge is 0.233 e. The summed E-state index contributed by atoms with van der Waals surface area (Å²) < 4.78 is 6.59. The second-order valence-electron chi connectivity index (χ2n) is 4.02. The van der Waals surface area contributed by atoms with Gasteiger partial charge in [0.15, 0.2) is 0 Å². The van der Waals surface area contributed by atoms with Crippen molar-refractivity contribution in [3.63, 3.8) is 0 Å². The molecular weight excluding hydrogens is 326 g/mol. The Kier molecular flexibility index (Phi) is 3.40. The summed E-state index contributed by atoms with van der Waals surface area (Å²) in [6.07, 6.45) is 1.56. The van der Waals surface area contributed by atoms with Gasteiger partial charge in [0.05, 0.1) is 9.50 Å². The van der Waals surface area contributed by atoms with Crippen molar-refractivity contribution in [3.8, 4) is 11.6 Å². The van der Waals surface area contributed by atoms with Gasteiger partial charge >= 0.3 is 0 Å². The van der Waals surface area contributed by atoms with E-state index in [9.17, 15) is 0 Å². The highest BCUT2D eigenvalue weighted by Crippen LogP contribution is 2.33. The number of pyridine rings is 1. The summed E-state index contributed by atoms with van der Waals surface area (Å²) in [4.78, 5) is 4.18. The van der Waals surface area contributed by atoms with Crippen molar-refractivity contribution >= 4 is 38.3 Å². The van der Waals surface area contributed by atoms with E-state index in [0.29, 0.717) is 10.9 Å². The van der Waals surface area contributed by atoms with E-state index in [1.807, 2.05) is 42.5 Å². The van der Waals surface area contributed by atoms with E-state index < -0.39 is 0 Å². The fraction of sp³-hybridized carbons (Fsp3) is 0. The molecule has 0 fully saturated rings. The van der Waals surface area contributed by atoms with E-state index in [4.69, 9.17) is 16.3 Å². The number of ether oxygens (including phenoxy) is 1. The number of hydrogen-bond donors (Lipinski definition) is 0. The van der Waals surface area contributed by atoms with Gasteiger partial charge in [-0.3, -0.25) is 0 Å². The highest BCUT2D eigenvalue weighted by molar-refractivity contribution is 9.10. The van der Waals surface area contributed by atoms with Gasteiger partial charge in [-0.2, -0.15) is 0 Å². The number of aromatic nitrogens is 1. The molecule has 0 aliphatic carbocycles. The molecule has 0 bridgehead atoms. The lowest BCUT2D eigenvalue weighted by Crippen LogP contribution is -1.90. The van der Waals surface area contributed by atoms with Crippen molar-refractivity contribution in [3.05, 3.63) is 64.2 Å². The van der Waals surface area contributed by atoms with Crippen LogP contribution < -0.4 is 4.74 Å². The summed E-state index contributed by atoms with van der Waals surface area (Å²) in [6, 6.07) is 15.7. The number of rotatable bonds is 2. The number of fused-ring (bicyclic) bond motifs is 1. The molecule has 0 atom stereocenters. The second kappa shape index (κ2) is 5.19. The summed E-state index contributed by atoms with van der Waals surface area (Å²) in [5.41, 5.74) is 0. The third-order valence-corrected chi connectivity index (χ3v) is 3.51. The van der Waals surface area contributed by atoms with Crippen LogP contribution in [0.2, 0.25) is 5.02 Å². The van der Waals surface area contributed by atoms with E-state index in [-0.39, 0.29) is 0 Å². The normalized spacial score (nSPS) is 10.6. The molecule has 0 aliphatic rings. The molecule has 3 rings (SSSR count). The van der Waals surface area contributed by atoms with Gasteiger partial charge in [-0.15, -0.1) is 0 Å². The number of hydrogen-bond acceptors (Lipinski definition) is 2. The van der Waals surface area contributed by atoms with Crippen molar-refractivity contribution in [2.24, 2.45) is 0 Å². The van der Waals surface area contributed by atoms with E-state index in [0.717, 1.165) is 21.0 Å². The summed E-state index contributed by atoms with van der Waals surface area (Å²) in [5, 5.41) is 2.75. The first-order chi connectivity index (χ1) is 9.24. The molecule has 1 heterocycles. The molecule has 94 valence electrons. The van der Waals surface area contributed by atoms with Crippen LogP contribution in [0.25, 0.3) is 10.8 Å². The molecule has 0 saturated heterocycles. The predicted molar refractivity (Wildman–Crippen MR) is 81.0 cm³/mol. The van der Waals surface area contributed by atoms with Crippen LogP contribution in [0.4, 0.5) is 0 Å². The zero-order chi connectivity index (χ0) is 13.2. The Morgan fingerprint density at radius 3 is 2.68 bits per heavy atom. The summed E-state index contributed by atoms with van der Waals surface area (Å²) in [7, 11) is 0. The first-order valence-corrected chi connectivity index (χ1v) is 6.88. The first-order valence-electron chi connectivity index (χ1n) is 5.71. The van der Waals surface area contributed by atoms with Gasteiger partial charge < -0.3 is 4.74 Å². The molecule has 0 N–H and O–H groups in total. The quantitative estimate of drug-likeness (QED) is 0.622. The average molecular weight is 335 g/mol. The van der Waals surface area contributed by atoms with Gasteiger partial charge in [-0.05, 0) is 33.4 Å². The maximum atomic E-state index is 5.87. The first kappa shape index (κ1) is 12.5. The molecule has 0 radical (unpaired) electrons. The fourth-order valence-electron chi connectivity index (χ4n) is 1.87. The zero-order valence-corrected chi connectivity index (χ0v) is 12.1. The monoisotopic (exact) mass is 333 g/mol. The zero-order valence-electron chi connectivity index (χ0n) is 9.81. The van der Waals surface area contributed by atoms with Crippen molar-refractivity contribution in [1.29, 1.82) is 0 Å². The number of nitrogens with zero attached hydrogens (tertiary/aromatic N) is 1. The van der Waals surface area contributed by atoms with Gasteiger partial charge in [-0.25, -0.2) is 4.98 Å². The third kappa shape index (κ3) is 2.57. The van der Waals surface area contributed by atoms with Crippen LogP contribution in [0, 0.1) is 0 Å². The van der Waals surface area contributed by atoms with Gasteiger partial charge in [-0.1, -0.05) is 48.0 Å². The molecule has 0 unspecified atom stereocenters. The SMILES string of the molecule is Clc1cnc(Oc2cccc3ccccc23)c(Br)c1. The van der Waals surface area contributed by atoms with Crippen LogP contribution in [-0.4, -0.2) is 4.98 Å². The summed E-state index contributed by atoms with van der Waals surface area (Å²) in [6.45, 7) is 0. The Labute approximate surface area is 124 Å². The largest absolute Gasteiger partial charge is 0.437 e. The molecular formula is C15H9BrClNO. The van der Waals surface area contributed by atoms with Crippen LogP contribution in [0.3, 0.4) is 0 Å². The fourth-order valence-corrected chi connectivity index (χ4v) is 2.59. The minimum Gasteiger partial charge on any atom is -0.437 e. The van der Waals surface area contributed by atoms with Gasteiger partial charge in [0.1, 0.15) is 5.75 Å².